The molecule has 1 saturated carbocycles. The van der Waals surface area contributed by atoms with Gasteiger partial charge in [-0.3, -0.25) is 0 Å². The predicted molar refractivity (Wildman–Crippen MR) is 78.9 cm³/mol. The van der Waals surface area contributed by atoms with E-state index in [4.69, 9.17) is 11.6 Å². The highest BCUT2D eigenvalue weighted by molar-refractivity contribution is 7.18. The second kappa shape index (κ2) is 5.43. The lowest BCUT2D eigenvalue weighted by molar-refractivity contribution is 0.947. The van der Waals surface area contributed by atoms with Crippen LogP contribution in [0.4, 0.5) is 5.82 Å². The van der Waals surface area contributed by atoms with Gasteiger partial charge in [-0.25, -0.2) is 15.0 Å². The van der Waals surface area contributed by atoms with Gasteiger partial charge in [0.2, 0.25) is 0 Å². The number of rotatable bonds is 5. The van der Waals surface area contributed by atoms with E-state index in [1.807, 2.05) is 0 Å². The van der Waals surface area contributed by atoms with Crippen LogP contribution >= 0.6 is 22.9 Å². The molecule has 2 aromatic rings. The van der Waals surface area contributed by atoms with Gasteiger partial charge >= 0.3 is 0 Å². The van der Waals surface area contributed by atoms with Crippen LogP contribution in [0.2, 0.25) is 4.34 Å². The Balaban J connectivity index is 1.95. The first-order chi connectivity index (χ1) is 9.26. The van der Waals surface area contributed by atoms with Gasteiger partial charge in [-0.2, -0.15) is 0 Å². The Hall–Kier alpha value is -1.20. The maximum atomic E-state index is 5.93. The van der Waals surface area contributed by atoms with Crippen molar-refractivity contribution >= 4 is 28.8 Å². The lowest BCUT2D eigenvalue weighted by atomic mass is 10.2. The first-order valence-corrected chi connectivity index (χ1v) is 7.70. The van der Waals surface area contributed by atoms with Gasteiger partial charge in [0.15, 0.2) is 10.8 Å². The molecule has 0 amide bonds. The van der Waals surface area contributed by atoms with Crippen molar-refractivity contribution in [2.24, 2.45) is 0 Å². The smallest absolute Gasteiger partial charge is 0.190 e. The molecule has 0 aliphatic heterocycles. The molecule has 4 nitrogen and oxygen atoms in total. The molecule has 0 saturated heterocycles. The maximum absolute atomic E-state index is 5.93. The number of halogens is 1. The number of anilines is 1. The van der Waals surface area contributed by atoms with Crippen molar-refractivity contribution in [3.8, 4) is 10.8 Å². The second-order valence-corrected chi connectivity index (χ2v) is 6.33. The van der Waals surface area contributed by atoms with E-state index >= 15 is 0 Å². The Morgan fingerprint density at radius 3 is 2.89 bits per heavy atom. The SMILES string of the molecule is CCCNc1cc(C2CC2)nc(-c2ncc(Cl)s2)n1. The highest BCUT2D eigenvalue weighted by atomic mass is 35.5. The van der Waals surface area contributed by atoms with Crippen LogP contribution in [0, 0.1) is 0 Å². The lowest BCUT2D eigenvalue weighted by Gasteiger charge is -2.07. The zero-order valence-corrected chi connectivity index (χ0v) is 12.3. The molecule has 0 spiro atoms. The van der Waals surface area contributed by atoms with E-state index in [9.17, 15) is 0 Å². The molecule has 1 fully saturated rings. The minimum atomic E-state index is 0.597. The molecule has 0 unspecified atom stereocenters. The van der Waals surface area contributed by atoms with Crippen molar-refractivity contribution in [1.82, 2.24) is 15.0 Å². The van der Waals surface area contributed by atoms with Crippen LogP contribution in [0.25, 0.3) is 10.8 Å². The molecular formula is C13H15ClN4S. The molecule has 2 heterocycles. The van der Waals surface area contributed by atoms with E-state index in [1.165, 1.54) is 24.2 Å². The van der Waals surface area contributed by atoms with Gasteiger partial charge in [0.05, 0.1) is 6.20 Å². The van der Waals surface area contributed by atoms with Crippen LogP contribution in [0.15, 0.2) is 12.3 Å². The van der Waals surface area contributed by atoms with Crippen molar-refractivity contribution in [3.63, 3.8) is 0 Å². The van der Waals surface area contributed by atoms with Gasteiger partial charge in [-0.15, -0.1) is 0 Å². The van der Waals surface area contributed by atoms with Gasteiger partial charge < -0.3 is 5.32 Å². The van der Waals surface area contributed by atoms with E-state index in [-0.39, 0.29) is 0 Å². The third-order valence-corrected chi connectivity index (χ3v) is 4.08. The largest absolute Gasteiger partial charge is 0.370 e. The molecule has 3 rings (SSSR count). The fraction of sp³-hybridized carbons (Fsp3) is 0.462. The van der Waals surface area contributed by atoms with Gasteiger partial charge in [0.1, 0.15) is 10.2 Å². The summed E-state index contributed by atoms with van der Waals surface area (Å²) < 4.78 is 0.665. The number of hydrogen-bond donors (Lipinski definition) is 1. The maximum Gasteiger partial charge on any atom is 0.190 e. The summed E-state index contributed by atoms with van der Waals surface area (Å²) in [6.45, 7) is 3.05. The molecule has 19 heavy (non-hydrogen) atoms. The number of hydrogen-bond acceptors (Lipinski definition) is 5. The molecule has 0 aromatic carbocycles. The molecule has 1 N–H and O–H groups in total. The van der Waals surface area contributed by atoms with Crippen molar-refractivity contribution in [1.29, 1.82) is 0 Å². The van der Waals surface area contributed by atoms with E-state index in [2.05, 4.69) is 33.3 Å². The Kier molecular flexibility index (Phi) is 3.66. The zero-order valence-electron chi connectivity index (χ0n) is 10.7. The molecule has 1 aliphatic rings. The Morgan fingerprint density at radius 2 is 2.26 bits per heavy atom. The standard InChI is InChI=1S/C13H15ClN4S/c1-2-5-15-11-6-9(8-3-4-8)17-12(18-11)13-16-7-10(14)19-13/h6-8H,2-5H2,1H3,(H,15,17,18). The Morgan fingerprint density at radius 1 is 1.42 bits per heavy atom. The summed E-state index contributed by atoms with van der Waals surface area (Å²) in [5.74, 6) is 2.17. The molecular weight excluding hydrogens is 280 g/mol. The van der Waals surface area contributed by atoms with Crippen LogP contribution < -0.4 is 5.32 Å². The summed E-state index contributed by atoms with van der Waals surface area (Å²) >= 11 is 7.35. The van der Waals surface area contributed by atoms with Crippen molar-refractivity contribution < 1.29 is 0 Å². The zero-order chi connectivity index (χ0) is 13.2. The summed E-state index contributed by atoms with van der Waals surface area (Å²) in [5, 5.41) is 4.11. The third kappa shape index (κ3) is 3.04. The predicted octanol–water partition coefficient (Wildman–Crippen LogP) is 3.95. The molecule has 1 aliphatic carbocycles. The van der Waals surface area contributed by atoms with Crippen LogP contribution in [0.5, 0.6) is 0 Å². The van der Waals surface area contributed by atoms with E-state index in [1.54, 1.807) is 6.20 Å². The van der Waals surface area contributed by atoms with Gasteiger partial charge in [-0.1, -0.05) is 29.9 Å². The van der Waals surface area contributed by atoms with Crippen molar-refractivity contribution in [2.45, 2.75) is 32.1 Å². The quantitative estimate of drug-likeness (QED) is 0.907. The van der Waals surface area contributed by atoms with Gasteiger partial charge in [-0.05, 0) is 19.3 Å². The Bertz CT molecular complexity index is 580. The summed E-state index contributed by atoms with van der Waals surface area (Å²) in [4.78, 5) is 13.4. The highest BCUT2D eigenvalue weighted by Crippen LogP contribution is 2.40. The Labute approximate surface area is 121 Å². The lowest BCUT2D eigenvalue weighted by Crippen LogP contribution is -2.05. The van der Waals surface area contributed by atoms with Crippen molar-refractivity contribution in [3.05, 3.63) is 22.3 Å². The van der Waals surface area contributed by atoms with Gasteiger partial charge in [0.25, 0.3) is 0 Å². The fourth-order valence-corrected chi connectivity index (χ4v) is 2.70. The van der Waals surface area contributed by atoms with Crippen molar-refractivity contribution in [2.75, 3.05) is 11.9 Å². The van der Waals surface area contributed by atoms with Crippen LogP contribution in [-0.4, -0.2) is 21.5 Å². The van der Waals surface area contributed by atoms with Gasteiger partial charge in [0, 0.05) is 24.2 Å². The van der Waals surface area contributed by atoms with E-state index < -0.39 is 0 Å². The molecule has 0 atom stereocenters. The molecule has 2 aromatic heterocycles. The third-order valence-electron chi connectivity index (χ3n) is 2.97. The summed E-state index contributed by atoms with van der Waals surface area (Å²) in [7, 11) is 0. The average molecular weight is 295 g/mol. The molecule has 6 heteroatoms. The van der Waals surface area contributed by atoms with E-state index in [0.29, 0.717) is 16.1 Å². The summed E-state index contributed by atoms with van der Waals surface area (Å²) in [6.07, 6.45) is 5.17. The number of thiazole rings is 1. The number of nitrogens with zero attached hydrogens (tertiary/aromatic N) is 3. The normalized spacial score (nSPS) is 14.6. The van der Waals surface area contributed by atoms with Crippen LogP contribution in [-0.2, 0) is 0 Å². The fourth-order valence-electron chi connectivity index (χ4n) is 1.85. The number of aromatic nitrogens is 3. The second-order valence-electron chi connectivity index (χ2n) is 4.67. The average Bonchev–Trinajstić information content (AvgIpc) is 3.18. The minimum absolute atomic E-state index is 0.597. The monoisotopic (exact) mass is 294 g/mol. The highest BCUT2D eigenvalue weighted by Gasteiger charge is 2.26. The topological polar surface area (TPSA) is 50.7 Å². The van der Waals surface area contributed by atoms with Crippen LogP contribution in [0.1, 0.15) is 37.8 Å². The molecule has 0 radical (unpaired) electrons. The molecule has 100 valence electrons. The number of nitrogens with one attached hydrogen (secondary N) is 1. The van der Waals surface area contributed by atoms with E-state index in [0.717, 1.165) is 29.5 Å². The minimum Gasteiger partial charge on any atom is -0.370 e. The summed E-state index contributed by atoms with van der Waals surface area (Å²) in [6, 6.07) is 2.06. The van der Waals surface area contributed by atoms with Crippen LogP contribution in [0.3, 0.4) is 0 Å². The summed E-state index contributed by atoms with van der Waals surface area (Å²) in [5.41, 5.74) is 1.12. The molecule has 0 bridgehead atoms. The first kappa shape index (κ1) is 12.8. The first-order valence-electron chi connectivity index (χ1n) is 6.51.